The van der Waals surface area contributed by atoms with Crippen molar-refractivity contribution in [3.63, 3.8) is 0 Å². The van der Waals surface area contributed by atoms with Crippen LogP contribution in [-0.2, 0) is 4.79 Å². The van der Waals surface area contributed by atoms with E-state index < -0.39 is 0 Å². The van der Waals surface area contributed by atoms with Gasteiger partial charge in [-0.3, -0.25) is 4.79 Å². The third-order valence-corrected chi connectivity index (χ3v) is 0.673. The molecule has 0 saturated carbocycles. The molecule has 0 heterocycles. The van der Waals surface area contributed by atoms with E-state index in [1.54, 1.807) is 0 Å². The molecule has 0 rings (SSSR count). The van der Waals surface area contributed by atoms with E-state index in [1.165, 1.54) is 0 Å². The molecule has 0 atom stereocenters. The van der Waals surface area contributed by atoms with Gasteiger partial charge in [-0.05, 0) is 0 Å². The number of ketones is 1. The molecule has 0 aliphatic heterocycles. The van der Waals surface area contributed by atoms with E-state index in [1.807, 2.05) is 6.92 Å². The summed E-state index contributed by atoms with van der Waals surface area (Å²) in [6.45, 7) is 2.06. The molecule has 0 spiro atoms. The number of carbonyl (C=O) groups excluding carboxylic acids is 1. The van der Waals surface area contributed by atoms with Gasteiger partial charge >= 0.3 is 0 Å². The fourth-order valence-electron chi connectivity index (χ4n) is 0.177. The maximum absolute atomic E-state index is 10.3. The minimum Gasteiger partial charge on any atom is -0.300 e. The quantitative estimate of drug-likeness (QED) is 0.498. The van der Waals surface area contributed by atoms with E-state index >= 15 is 0 Å². The van der Waals surface area contributed by atoms with Crippen LogP contribution in [0.2, 0.25) is 0 Å². The summed E-state index contributed by atoms with van der Waals surface area (Å²) >= 11 is 0. The summed E-state index contributed by atoms with van der Waals surface area (Å²) in [6.07, 6.45) is 1.01. The van der Waals surface area contributed by atoms with Crippen LogP contribution in [0.15, 0.2) is 0 Å². The maximum Gasteiger partial charge on any atom is 0.132 e. The second-order valence-corrected chi connectivity index (χ2v) is 1.14. The zero-order chi connectivity index (χ0) is 5.70. The first kappa shape index (κ1) is 3.85. The van der Waals surface area contributed by atoms with Crippen LogP contribution < -0.4 is 0 Å². The Hall–Kier alpha value is -0.330. The van der Waals surface area contributed by atoms with E-state index in [9.17, 15) is 4.79 Å². The van der Waals surface area contributed by atoms with Crippen LogP contribution in [0.25, 0.3) is 0 Å². The average molecular weight is 88.1 g/mol. The molecule has 0 unspecified atom stereocenters. The van der Waals surface area contributed by atoms with Gasteiger partial charge in [-0.2, -0.15) is 0 Å². The van der Waals surface area contributed by atoms with Crippen LogP contribution in [0.3, 0.4) is 0 Å². The summed E-state index contributed by atoms with van der Waals surface area (Å²) in [4.78, 5) is 10.3. The van der Waals surface area contributed by atoms with Crippen molar-refractivity contribution in [3.05, 3.63) is 0 Å². The Bertz CT molecular complexity index is 61.1. The minimum absolute atomic E-state index is 0.190. The molecule has 0 amide bonds. The zero-order valence-electron chi connectivity index (χ0n) is 5.03. The molecular weight excluding hydrogens is 76.1 g/mol. The lowest BCUT2D eigenvalue weighted by molar-refractivity contribution is -0.118. The molecule has 0 N–H and O–H groups in total. The van der Waals surface area contributed by atoms with E-state index in [2.05, 4.69) is 0 Å². The normalized spacial score (nSPS) is 10.5. The molecule has 0 aromatic heterocycles. The van der Waals surface area contributed by atoms with Crippen LogP contribution >= 0.6 is 0 Å². The predicted molar refractivity (Wildman–Crippen MR) is 25.6 cm³/mol. The number of rotatable bonds is 2. The summed E-state index contributed by atoms with van der Waals surface area (Å²) < 4.78 is 6.62. The topological polar surface area (TPSA) is 17.1 Å². The molecule has 0 aliphatic rings. The number of hydrogen-bond acceptors (Lipinski definition) is 1. The van der Waals surface area contributed by atoms with Crippen LogP contribution in [0, 0.1) is 0 Å². The SMILES string of the molecule is [3H]CCC(=O)CC. The lowest BCUT2D eigenvalue weighted by Crippen LogP contribution is -1.88. The van der Waals surface area contributed by atoms with Gasteiger partial charge in [0.2, 0.25) is 0 Å². The molecule has 0 saturated heterocycles. The first-order valence-electron chi connectivity index (χ1n) is 2.83. The molecule has 0 bridgehead atoms. The summed E-state index contributed by atoms with van der Waals surface area (Å²) in [7, 11) is 0. The molecule has 0 aromatic rings. The van der Waals surface area contributed by atoms with Gasteiger partial charge in [-0.15, -0.1) is 0 Å². The highest BCUT2D eigenvalue weighted by Gasteiger charge is 1.86. The first-order valence-corrected chi connectivity index (χ1v) is 2.12. The molecule has 0 aliphatic carbocycles. The van der Waals surface area contributed by atoms with Gasteiger partial charge in [0, 0.05) is 14.2 Å². The second kappa shape index (κ2) is 2.88. The lowest BCUT2D eigenvalue weighted by Gasteiger charge is -1.81. The van der Waals surface area contributed by atoms with Gasteiger partial charge in [0.1, 0.15) is 5.78 Å². The molecule has 0 fully saturated rings. The third kappa shape index (κ3) is 1.94. The number of Topliss-reactive ketones (excluding diaryl/α,β-unsaturated/α-hetero) is 1. The van der Waals surface area contributed by atoms with Gasteiger partial charge < -0.3 is 0 Å². The number of hydrogen-bond donors (Lipinski definition) is 0. The molecule has 1 nitrogen and oxygen atoms in total. The second-order valence-electron chi connectivity index (χ2n) is 1.14. The van der Waals surface area contributed by atoms with Crippen molar-refractivity contribution in [2.75, 3.05) is 0 Å². The van der Waals surface area contributed by atoms with Gasteiger partial charge in [0.05, 0.1) is 0 Å². The smallest absolute Gasteiger partial charge is 0.132 e. The molecule has 0 aromatic carbocycles. The lowest BCUT2D eigenvalue weighted by atomic mass is 10.3. The van der Waals surface area contributed by atoms with Crippen molar-refractivity contribution < 1.29 is 6.17 Å². The van der Waals surface area contributed by atoms with Gasteiger partial charge in [0.25, 0.3) is 0 Å². The van der Waals surface area contributed by atoms with Crippen LogP contribution in [0.4, 0.5) is 0 Å². The molecule has 1 heteroatoms. The highest BCUT2D eigenvalue weighted by atomic mass is 16.1. The van der Waals surface area contributed by atoms with E-state index in [0.717, 1.165) is 0 Å². The standard InChI is InChI=1S/C5H10O/c1-3-5(6)4-2/h3-4H2,1-2H3/i1T. The Labute approximate surface area is 39.8 Å². The molecule has 36 valence electrons. The van der Waals surface area contributed by atoms with E-state index in [-0.39, 0.29) is 12.7 Å². The Morgan fingerprint density at radius 3 is 2.67 bits per heavy atom. The van der Waals surface area contributed by atoms with Crippen molar-refractivity contribution in [3.8, 4) is 0 Å². The first-order chi connectivity index (χ1) is 3.31. The highest BCUT2D eigenvalue weighted by molar-refractivity contribution is 5.77. The van der Waals surface area contributed by atoms with Gasteiger partial charge in [0.15, 0.2) is 0 Å². The van der Waals surface area contributed by atoms with Crippen molar-refractivity contribution in [1.82, 2.24) is 0 Å². The highest BCUT2D eigenvalue weighted by Crippen LogP contribution is 1.82. The summed E-state index contributed by atoms with van der Waals surface area (Å²) in [6, 6.07) is 0. The maximum atomic E-state index is 10.3. The molecule has 0 radical (unpaired) electrons. The Morgan fingerprint density at radius 2 is 2.50 bits per heavy atom. The largest absolute Gasteiger partial charge is 0.300 e. The van der Waals surface area contributed by atoms with Crippen molar-refractivity contribution >= 4 is 5.78 Å². The van der Waals surface area contributed by atoms with Gasteiger partial charge in [-0.25, -0.2) is 0 Å². The Balaban J connectivity index is 3.00. The van der Waals surface area contributed by atoms with E-state index in [4.69, 9.17) is 1.37 Å². The van der Waals surface area contributed by atoms with Crippen LogP contribution in [-0.4, -0.2) is 5.78 Å². The number of carbonyl (C=O) groups is 1. The van der Waals surface area contributed by atoms with Crippen molar-refractivity contribution in [1.29, 1.82) is 0 Å². The zero-order valence-corrected chi connectivity index (χ0v) is 4.03. The third-order valence-electron chi connectivity index (χ3n) is 0.673. The van der Waals surface area contributed by atoms with Crippen LogP contribution in [0.1, 0.15) is 28.0 Å². The summed E-state index contributed by atoms with van der Waals surface area (Å²) in [5.41, 5.74) is 0. The van der Waals surface area contributed by atoms with Crippen LogP contribution in [0.5, 0.6) is 0 Å². The fourth-order valence-corrected chi connectivity index (χ4v) is 0.177. The monoisotopic (exact) mass is 88.1 g/mol. The van der Waals surface area contributed by atoms with Crippen molar-refractivity contribution in [2.24, 2.45) is 0 Å². The molecule has 6 heavy (non-hydrogen) atoms. The average Bonchev–Trinajstić information content (AvgIpc) is 1.68. The van der Waals surface area contributed by atoms with Crippen molar-refractivity contribution in [2.45, 2.75) is 26.7 Å². The summed E-state index contributed by atoms with van der Waals surface area (Å²) in [5, 5.41) is 0. The fraction of sp³-hybridized carbons (Fsp3) is 0.800. The molecular formula is C5H10O. The summed E-state index contributed by atoms with van der Waals surface area (Å²) in [5.74, 6) is 0.190. The van der Waals surface area contributed by atoms with E-state index in [0.29, 0.717) is 12.8 Å². The van der Waals surface area contributed by atoms with Gasteiger partial charge in [-0.1, -0.05) is 13.8 Å². The predicted octanol–water partition coefficient (Wildman–Crippen LogP) is 1.38. The Morgan fingerprint density at radius 1 is 1.83 bits per heavy atom. The Kier molecular flexibility index (Phi) is 1.85. The minimum atomic E-state index is 0.190.